The van der Waals surface area contributed by atoms with Crippen LogP contribution in [0.25, 0.3) is 0 Å². The zero-order valence-corrected chi connectivity index (χ0v) is 14.7. The Morgan fingerprint density at radius 2 is 2.00 bits per heavy atom. The summed E-state index contributed by atoms with van der Waals surface area (Å²) in [5, 5.41) is 2.48. The Hall–Kier alpha value is -1.12. The zero-order valence-electron chi connectivity index (χ0n) is 14.7. The van der Waals surface area contributed by atoms with Crippen molar-refractivity contribution < 1.29 is 28.5 Å². The van der Waals surface area contributed by atoms with E-state index < -0.39 is 12.1 Å². The predicted octanol–water partition coefficient (Wildman–Crippen LogP) is -0.387. The number of esters is 1. The van der Waals surface area contributed by atoms with Crippen LogP contribution in [0, 0.1) is 0 Å². The average Bonchev–Trinajstić information content (AvgIpc) is 2.85. The van der Waals surface area contributed by atoms with Crippen molar-refractivity contribution in [2.24, 2.45) is 0 Å². The lowest BCUT2D eigenvalue weighted by molar-refractivity contribution is -0.159. The van der Waals surface area contributed by atoms with Gasteiger partial charge in [0.15, 0.2) is 6.10 Å². The highest BCUT2D eigenvalue weighted by Gasteiger charge is 2.44. The molecule has 0 spiro atoms. The van der Waals surface area contributed by atoms with Gasteiger partial charge in [0.2, 0.25) is 5.91 Å². The minimum absolute atomic E-state index is 0.0438. The van der Waals surface area contributed by atoms with E-state index in [9.17, 15) is 9.59 Å². The van der Waals surface area contributed by atoms with Gasteiger partial charge in [-0.25, -0.2) is 0 Å². The topological polar surface area (TPSA) is 83.1 Å². The first-order valence-corrected chi connectivity index (χ1v) is 8.12. The molecule has 0 aromatic heterocycles. The van der Waals surface area contributed by atoms with Crippen LogP contribution in [0.2, 0.25) is 0 Å². The van der Waals surface area contributed by atoms with Gasteiger partial charge >= 0.3 is 5.97 Å². The number of hydrogen-bond donors (Lipinski definition) is 1. The molecule has 8 heteroatoms. The number of amides is 1. The maximum atomic E-state index is 12.0. The zero-order chi connectivity index (χ0) is 17.4. The number of rotatable bonds is 9. The highest BCUT2D eigenvalue weighted by atomic mass is 16.6. The van der Waals surface area contributed by atoms with Gasteiger partial charge in [-0.1, -0.05) is 6.92 Å². The van der Waals surface area contributed by atoms with Crippen molar-refractivity contribution in [3.8, 4) is 0 Å². The van der Waals surface area contributed by atoms with Gasteiger partial charge in [-0.2, -0.15) is 0 Å². The van der Waals surface area contributed by atoms with Crippen molar-refractivity contribution in [2.45, 2.75) is 63.5 Å². The first-order chi connectivity index (χ1) is 10.9. The lowest BCUT2D eigenvalue weighted by atomic mass is 9.92. The molecule has 1 amide bonds. The molecule has 0 radical (unpaired) electrons. The first-order valence-electron chi connectivity index (χ1n) is 8.12. The van der Waals surface area contributed by atoms with E-state index in [-0.39, 0.29) is 43.1 Å². The highest BCUT2D eigenvalue weighted by molar-refractivity contribution is 6.11. The molecule has 0 aromatic rings. The van der Waals surface area contributed by atoms with E-state index in [2.05, 4.69) is 5.32 Å². The number of hydrogen-bond acceptors (Lipinski definition) is 6. The van der Waals surface area contributed by atoms with Crippen LogP contribution in [0.15, 0.2) is 0 Å². The van der Waals surface area contributed by atoms with Gasteiger partial charge in [0.25, 0.3) is 0 Å². The Bertz CT molecular complexity index is 394. The summed E-state index contributed by atoms with van der Waals surface area (Å²) in [5.74, 6) is -0.602. The predicted molar refractivity (Wildman–Crippen MR) is 86.9 cm³/mol. The first kappa shape index (κ1) is 19.9. The Kier molecular flexibility index (Phi) is 8.58. The van der Waals surface area contributed by atoms with E-state index in [1.54, 1.807) is 7.11 Å². The summed E-state index contributed by atoms with van der Waals surface area (Å²) in [6.45, 7) is 4.28. The van der Waals surface area contributed by atoms with Gasteiger partial charge in [-0.05, 0) is 13.3 Å². The maximum absolute atomic E-state index is 12.0. The average molecular weight is 329 g/mol. The number of ether oxygens (including phenoxy) is 4. The highest BCUT2D eigenvalue weighted by Crippen LogP contribution is 2.27. The van der Waals surface area contributed by atoms with E-state index in [0.717, 1.165) is 6.42 Å². The molecule has 1 aliphatic rings. The second-order valence-electron chi connectivity index (χ2n) is 5.76. The van der Waals surface area contributed by atoms with E-state index in [1.807, 2.05) is 21.7 Å². The Morgan fingerprint density at radius 1 is 1.30 bits per heavy atom. The second-order valence-corrected chi connectivity index (χ2v) is 5.76. The SMILES string of the molecule is B[C@@H]1O[C@H](CC)C(OC(=O)CCC(=O)NC)[C@@H]1OCC(C)OC. The molecule has 0 saturated carbocycles. The van der Waals surface area contributed by atoms with Gasteiger partial charge in [0.1, 0.15) is 14.0 Å². The summed E-state index contributed by atoms with van der Waals surface area (Å²) in [4.78, 5) is 23.2. The van der Waals surface area contributed by atoms with Gasteiger partial charge < -0.3 is 24.3 Å². The molecule has 1 heterocycles. The molecule has 23 heavy (non-hydrogen) atoms. The van der Waals surface area contributed by atoms with Crippen LogP contribution < -0.4 is 5.32 Å². The van der Waals surface area contributed by atoms with Crippen molar-refractivity contribution >= 4 is 19.7 Å². The van der Waals surface area contributed by atoms with Gasteiger partial charge in [-0.3, -0.25) is 9.59 Å². The monoisotopic (exact) mass is 329 g/mol. The molecule has 1 aliphatic heterocycles. The summed E-state index contributed by atoms with van der Waals surface area (Å²) in [6, 6.07) is -0.166. The summed E-state index contributed by atoms with van der Waals surface area (Å²) in [5.41, 5.74) is 0. The van der Waals surface area contributed by atoms with Crippen molar-refractivity contribution in [3.05, 3.63) is 0 Å². The molecular weight excluding hydrogens is 301 g/mol. The standard InChI is InChI=1S/C15H28BNO6/c1-5-10-13(23-12(19)7-6-11(18)17-3)14(15(16)22-10)21-8-9(2)20-4/h9-10,13-15H,5-8,16H2,1-4H3,(H,17,18)/t9?,10-,13?,14+,15-/m1/s1. The van der Waals surface area contributed by atoms with Crippen LogP contribution in [0.5, 0.6) is 0 Å². The summed E-state index contributed by atoms with van der Waals surface area (Å²) in [6.07, 6.45) is -0.164. The molecule has 0 aromatic carbocycles. The van der Waals surface area contributed by atoms with Crippen molar-refractivity contribution in [1.82, 2.24) is 5.32 Å². The van der Waals surface area contributed by atoms with Crippen LogP contribution in [0.3, 0.4) is 0 Å². The molecule has 2 unspecified atom stereocenters. The lowest BCUT2D eigenvalue weighted by Crippen LogP contribution is -2.40. The van der Waals surface area contributed by atoms with E-state index in [0.29, 0.717) is 6.61 Å². The molecule has 5 atom stereocenters. The second kappa shape index (κ2) is 9.90. The van der Waals surface area contributed by atoms with E-state index >= 15 is 0 Å². The summed E-state index contributed by atoms with van der Waals surface area (Å²) < 4.78 is 22.4. The van der Waals surface area contributed by atoms with Crippen LogP contribution >= 0.6 is 0 Å². The molecule has 0 bridgehead atoms. The third kappa shape index (κ3) is 6.12. The lowest BCUT2D eigenvalue weighted by Gasteiger charge is -2.25. The number of carbonyl (C=O) groups excluding carboxylic acids is 2. The third-order valence-corrected chi connectivity index (χ3v) is 3.97. The van der Waals surface area contributed by atoms with Crippen LogP contribution in [0.1, 0.15) is 33.1 Å². The number of methoxy groups -OCH3 is 1. The third-order valence-electron chi connectivity index (χ3n) is 3.97. The molecule has 1 rings (SSSR count). The minimum atomic E-state index is -0.462. The molecular formula is C15H28BNO6. The van der Waals surface area contributed by atoms with E-state index in [4.69, 9.17) is 18.9 Å². The van der Waals surface area contributed by atoms with Gasteiger partial charge in [0, 0.05) is 20.6 Å². The Balaban J connectivity index is 2.61. The van der Waals surface area contributed by atoms with Crippen LogP contribution in [0.4, 0.5) is 0 Å². The number of nitrogens with one attached hydrogen (secondary N) is 1. The Morgan fingerprint density at radius 3 is 2.57 bits per heavy atom. The maximum Gasteiger partial charge on any atom is 0.306 e. The molecule has 7 nitrogen and oxygen atoms in total. The van der Waals surface area contributed by atoms with Crippen LogP contribution in [-0.2, 0) is 28.5 Å². The molecule has 1 saturated heterocycles. The van der Waals surface area contributed by atoms with Crippen molar-refractivity contribution in [3.63, 3.8) is 0 Å². The normalized spacial score (nSPS) is 28.3. The smallest absolute Gasteiger partial charge is 0.306 e. The molecule has 1 fully saturated rings. The molecule has 1 N–H and O–H groups in total. The molecule has 0 aliphatic carbocycles. The fourth-order valence-electron chi connectivity index (χ4n) is 2.48. The number of carbonyl (C=O) groups is 2. The quantitative estimate of drug-likeness (QED) is 0.458. The largest absolute Gasteiger partial charge is 0.457 e. The fourth-order valence-corrected chi connectivity index (χ4v) is 2.48. The summed E-state index contributed by atoms with van der Waals surface area (Å²) >= 11 is 0. The molecule has 132 valence electrons. The fraction of sp³-hybridized carbons (Fsp3) is 0.867. The van der Waals surface area contributed by atoms with Crippen molar-refractivity contribution in [2.75, 3.05) is 20.8 Å². The summed E-state index contributed by atoms with van der Waals surface area (Å²) in [7, 11) is 5.06. The minimum Gasteiger partial charge on any atom is -0.457 e. The van der Waals surface area contributed by atoms with E-state index in [1.165, 1.54) is 7.05 Å². The van der Waals surface area contributed by atoms with Crippen LogP contribution in [-0.4, -0.2) is 70.9 Å². The van der Waals surface area contributed by atoms with Crippen molar-refractivity contribution in [1.29, 1.82) is 0 Å². The Labute approximate surface area is 138 Å². The van der Waals surface area contributed by atoms with Gasteiger partial charge in [-0.15, -0.1) is 0 Å². The van der Waals surface area contributed by atoms with Gasteiger partial charge in [0.05, 0.1) is 31.2 Å².